The lowest BCUT2D eigenvalue weighted by Gasteiger charge is -2.09. The van der Waals surface area contributed by atoms with Gasteiger partial charge in [0.2, 0.25) is 5.91 Å². The molecule has 0 saturated carbocycles. The zero-order chi connectivity index (χ0) is 21.0. The van der Waals surface area contributed by atoms with Crippen LogP contribution in [0.4, 0.5) is 5.69 Å². The number of Topliss-reactive ketones (excluding diaryl/α,β-unsaturated/α-hetero) is 1. The van der Waals surface area contributed by atoms with E-state index in [0.717, 1.165) is 5.56 Å². The molecule has 7 heteroatoms. The fraction of sp³-hybridized carbons (Fsp3) is 0.227. The Morgan fingerprint density at radius 2 is 1.93 bits per heavy atom. The third-order valence-electron chi connectivity index (χ3n) is 4.67. The molecule has 1 N–H and O–H groups in total. The van der Waals surface area contributed by atoms with E-state index in [2.05, 4.69) is 5.32 Å². The molecule has 0 spiro atoms. The van der Waals surface area contributed by atoms with E-state index in [-0.39, 0.29) is 17.6 Å². The highest BCUT2D eigenvalue weighted by molar-refractivity contribution is 6.05. The molecule has 0 unspecified atom stereocenters. The molecule has 150 valence electrons. The van der Waals surface area contributed by atoms with Crippen LogP contribution in [0.3, 0.4) is 0 Å². The van der Waals surface area contributed by atoms with E-state index in [1.807, 2.05) is 0 Å². The van der Waals surface area contributed by atoms with Crippen molar-refractivity contribution in [3.8, 4) is 11.5 Å². The molecule has 1 atom stereocenters. The number of carbonyl (C=O) groups is 3. The molecule has 0 fully saturated rings. The Morgan fingerprint density at radius 1 is 1.14 bits per heavy atom. The summed E-state index contributed by atoms with van der Waals surface area (Å²) in [6.07, 6.45) is 2.75. The molecule has 1 aliphatic heterocycles. The number of esters is 1. The van der Waals surface area contributed by atoms with E-state index in [4.69, 9.17) is 14.2 Å². The van der Waals surface area contributed by atoms with Crippen molar-refractivity contribution in [1.29, 1.82) is 0 Å². The first-order chi connectivity index (χ1) is 13.9. The second-order valence-corrected chi connectivity index (χ2v) is 6.46. The Bertz CT molecular complexity index is 995. The van der Waals surface area contributed by atoms with Crippen LogP contribution >= 0.6 is 0 Å². The van der Waals surface area contributed by atoms with Crippen molar-refractivity contribution in [2.75, 3.05) is 26.1 Å². The molecule has 2 aromatic carbocycles. The predicted octanol–water partition coefficient (Wildman–Crippen LogP) is 3.20. The first kappa shape index (κ1) is 20.1. The number of nitrogens with one attached hydrogen (secondary N) is 1. The molecule has 3 rings (SSSR count). The van der Waals surface area contributed by atoms with E-state index in [1.165, 1.54) is 26.4 Å². The summed E-state index contributed by atoms with van der Waals surface area (Å²) >= 11 is 0. The summed E-state index contributed by atoms with van der Waals surface area (Å²) in [6.45, 7) is 1.38. The van der Waals surface area contributed by atoms with Crippen LogP contribution in [0.2, 0.25) is 0 Å². The van der Waals surface area contributed by atoms with Gasteiger partial charge in [-0.25, -0.2) is 4.79 Å². The number of hydrogen-bond acceptors (Lipinski definition) is 6. The number of benzene rings is 2. The third-order valence-corrected chi connectivity index (χ3v) is 4.67. The Hall–Kier alpha value is -3.61. The van der Waals surface area contributed by atoms with Crippen LogP contribution in [0.15, 0.2) is 42.5 Å². The maximum Gasteiger partial charge on any atom is 0.331 e. The molecule has 2 aromatic rings. The fourth-order valence-electron chi connectivity index (χ4n) is 3.06. The number of ether oxygens (including phenoxy) is 3. The second-order valence-electron chi connectivity index (χ2n) is 6.46. The monoisotopic (exact) mass is 395 g/mol. The van der Waals surface area contributed by atoms with Gasteiger partial charge in [-0.05, 0) is 42.8 Å². The van der Waals surface area contributed by atoms with Crippen molar-refractivity contribution in [3.63, 3.8) is 0 Å². The van der Waals surface area contributed by atoms with Gasteiger partial charge in [-0.3, -0.25) is 9.59 Å². The maximum atomic E-state index is 12.4. The predicted molar refractivity (Wildman–Crippen MR) is 107 cm³/mol. The summed E-state index contributed by atoms with van der Waals surface area (Å²) in [5.41, 5.74) is 2.49. The van der Waals surface area contributed by atoms with E-state index in [1.54, 1.807) is 43.3 Å². The lowest BCUT2D eigenvalue weighted by molar-refractivity contribution is -0.136. The van der Waals surface area contributed by atoms with Gasteiger partial charge < -0.3 is 19.5 Å². The quantitative estimate of drug-likeness (QED) is 0.440. The lowest BCUT2D eigenvalue weighted by atomic mass is 9.99. The van der Waals surface area contributed by atoms with Gasteiger partial charge in [0.05, 0.1) is 20.1 Å². The fourth-order valence-corrected chi connectivity index (χ4v) is 3.06. The van der Waals surface area contributed by atoms with Crippen LogP contribution in [0, 0.1) is 0 Å². The van der Waals surface area contributed by atoms with Crippen molar-refractivity contribution in [1.82, 2.24) is 0 Å². The highest BCUT2D eigenvalue weighted by Crippen LogP contribution is 2.33. The molecule has 0 radical (unpaired) electrons. The van der Waals surface area contributed by atoms with E-state index >= 15 is 0 Å². The van der Waals surface area contributed by atoms with Gasteiger partial charge in [0.15, 0.2) is 23.9 Å². The second kappa shape index (κ2) is 8.60. The Labute approximate surface area is 168 Å². The molecule has 0 aromatic heterocycles. The lowest BCUT2D eigenvalue weighted by Crippen LogP contribution is -2.13. The summed E-state index contributed by atoms with van der Waals surface area (Å²) in [6, 6.07) is 10.2. The van der Waals surface area contributed by atoms with Gasteiger partial charge in [-0.2, -0.15) is 0 Å². The van der Waals surface area contributed by atoms with Crippen molar-refractivity contribution in [2.45, 2.75) is 12.8 Å². The van der Waals surface area contributed by atoms with Crippen molar-refractivity contribution < 1.29 is 28.6 Å². The highest BCUT2D eigenvalue weighted by Gasteiger charge is 2.27. The van der Waals surface area contributed by atoms with E-state index in [0.29, 0.717) is 28.3 Å². The number of para-hydroxylation sites is 1. The molecule has 1 amide bonds. The first-order valence-corrected chi connectivity index (χ1v) is 8.98. The smallest absolute Gasteiger partial charge is 0.331 e. The van der Waals surface area contributed by atoms with Crippen LogP contribution < -0.4 is 14.8 Å². The Kier molecular flexibility index (Phi) is 5.97. The number of rotatable bonds is 7. The molecular formula is C22H21NO6. The molecule has 0 bridgehead atoms. The first-order valence-electron chi connectivity index (χ1n) is 8.98. The van der Waals surface area contributed by atoms with E-state index < -0.39 is 12.6 Å². The van der Waals surface area contributed by atoms with Crippen molar-refractivity contribution >= 4 is 29.4 Å². The van der Waals surface area contributed by atoms with Gasteiger partial charge in [0.1, 0.15) is 0 Å². The Morgan fingerprint density at radius 3 is 2.66 bits per heavy atom. The summed E-state index contributed by atoms with van der Waals surface area (Å²) < 4.78 is 15.6. The molecule has 1 heterocycles. The average molecular weight is 395 g/mol. The standard InChI is InChI=1S/C22H21NO6/c1-13-16-11-15(7-9-17(16)23-22(13)26)18(24)12-29-20(25)10-8-14-5-4-6-19(27-2)21(14)28-3/h4-11,13H,12H2,1-3H3,(H,23,26)/b10-8+/t13-/m1/s1. The minimum atomic E-state index is -0.658. The summed E-state index contributed by atoms with van der Waals surface area (Å²) in [4.78, 5) is 36.1. The molecule has 0 saturated heterocycles. The SMILES string of the molecule is COc1cccc(/C=C/C(=O)OCC(=O)c2ccc3c(c2)[C@@H](C)C(=O)N3)c1OC. The number of fused-ring (bicyclic) bond motifs is 1. The average Bonchev–Trinajstić information content (AvgIpc) is 3.03. The van der Waals surface area contributed by atoms with Crippen LogP contribution in [0.25, 0.3) is 6.08 Å². The molecule has 29 heavy (non-hydrogen) atoms. The number of anilines is 1. The summed E-state index contributed by atoms with van der Waals surface area (Å²) in [5.74, 6) is -0.396. The topological polar surface area (TPSA) is 90.9 Å². The van der Waals surface area contributed by atoms with Crippen LogP contribution in [-0.2, 0) is 14.3 Å². The largest absolute Gasteiger partial charge is 0.493 e. The minimum absolute atomic E-state index is 0.103. The van der Waals surface area contributed by atoms with E-state index in [9.17, 15) is 14.4 Å². The number of hydrogen-bond donors (Lipinski definition) is 1. The van der Waals surface area contributed by atoms with Crippen molar-refractivity contribution in [2.24, 2.45) is 0 Å². The normalized spacial score (nSPS) is 15.0. The van der Waals surface area contributed by atoms with Crippen LogP contribution in [-0.4, -0.2) is 38.5 Å². The third kappa shape index (κ3) is 4.29. The number of amides is 1. The summed E-state index contributed by atoms with van der Waals surface area (Å²) in [7, 11) is 3.03. The molecular weight excluding hydrogens is 374 g/mol. The van der Waals surface area contributed by atoms with Crippen LogP contribution in [0.1, 0.15) is 34.3 Å². The maximum absolute atomic E-state index is 12.4. The summed E-state index contributed by atoms with van der Waals surface area (Å²) in [5, 5.41) is 2.75. The van der Waals surface area contributed by atoms with Gasteiger partial charge >= 0.3 is 5.97 Å². The number of methoxy groups -OCH3 is 2. The van der Waals surface area contributed by atoms with Crippen molar-refractivity contribution in [3.05, 3.63) is 59.2 Å². The number of carbonyl (C=O) groups excluding carboxylic acids is 3. The molecule has 7 nitrogen and oxygen atoms in total. The molecule has 1 aliphatic rings. The molecule has 0 aliphatic carbocycles. The van der Waals surface area contributed by atoms with Gasteiger partial charge in [0, 0.05) is 22.9 Å². The van der Waals surface area contributed by atoms with Gasteiger partial charge in [-0.1, -0.05) is 12.1 Å². The zero-order valence-corrected chi connectivity index (χ0v) is 16.4. The highest BCUT2D eigenvalue weighted by atomic mass is 16.5. The van der Waals surface area contributed by atoms with Gasteiger partial charge in [0.25, 0.3) is 0 Å². The van der Waals surface area contributed by atoms with Gasteiger partial charge in [-0.15, -0.1) is 0 Å². The zero-order valence-electron chi connectivity index (χ0n) is 16.4. The van der Waals surface area contributed by atoms with Crippen LogP contribution in [0.5, 0.6) is 11.5 Å². The Balaban J connectivity index is 1.62. The minimum Gasteiger partial charge on any atom is -0.493 e. The number of ketones is 1.